The molecule has 0 fully saturated rings. The number of benzene rings is 2. The van der Waals surface area contributed by atoms with Gasteiger partial charge in [-0.05, 0) is 24.8 Å². The Morgan fingerprint density at radius 2 is 1.69 bits per heavy atom. The molecular weight excluding hydrogens is 380 g/mol. The highest BCUT2D eigenvalue weighted by atomic mass is 32.2. The summed E-state index contributed by atoms with van der Waals surface area (Å²) in [6.07, 6.45) is 0.906. The smallest absolute Gasteiger partial charge is 0.230 e. The summed E-state index contributed by atoms with van der Waals surface area (Å²) in [7, 11) is 0. The van der Waals surface area contributed by atoms with Crippen LogP contribution >= 0.6 is 11.8 Å². The summed E-state index contributed by atoms with van der Waals surface area (Å²) in [6.45, 7) is 7.16. The molecule has 0 aliphatic carbocycles. The van der Waals surface area contributed by atoms with Crippen molar-refractivity contribution in [2.45, 2.75) is 44.9 Å². The third-order valence-corrected chi connectivity index (χ3v) is 5.61. The van der Waals surface area contributed by atoms with E-state index in [1.807, 2.05) is 48.5 Å². The standard InChI is InChI=1S/C23H28N4OS/c1-4-27-22(19-13-9-6-10-14-19)25-26-23(27)29-16-21(28)24-20(15-17(2)3)18-11-7-5-8-12-18/h5-14,17,20H,4,15-16H2,1-3H3,(H,24,28). The monoisotopic (exact) mass is 408 g/mol. The first kappa shape index (κ1) is 21.1. The Balaban J connectivity index is 1.66. The molecule has 0 bridgehead atoms. The van der Waals surface area contributed by atoms with E-state index in [0.29, 0.717) is 11.7 Å². The van der Waals surface area contributed by atoms with Gasteiger partial charge in [0.25, 0.3) is 0 Å². The Hall–Kier alpha value is -2.60. The number of nitrogens with zero attached hydrogens (tertiary/aromatic N) is 3. The van der Waals surface area contributed by atoms with Gasteiger partial charge in [-0.15, -0.1) is 10.2 Å². The number of carbonyl (C=O) groups excluding carboxylic acids is 1. The summed E-state index contributed by atoms with van der Waals surface area (Å²) in [6, 6.07) is 20.2. The highest BCUT2D eigenvalue weighted by Crippen LogP contribution is 2.25. The van der Waals surface area contributed by atoms with Gasteiger partial charge in [0.2, 0.25) is 5.91 Å². The van der Waals surface area contributed by atoms with Crippen LogP contribution in [0.3, 0.4) is 0 Å². The Kier molecular flexibility index (Phi) is 7.47. The van der Waals surface area contributed by atoms with E-state index >= 15 is 0 Å². The molecule has 0 radical (unpaired) electrons. The molecule has 1 unspecified atom stereocenters. The maximum absolute atomic E-state index is 12.7. The summed E-state index contributed by atoms with van der Waals surface area (Å²) >= 11 is 1.43. The summed E-state index contributed by atoms with van der Waals surface area (Å²) in [5.74, 6) is 1.65. The number of thioether (sulfide) groups is 1. The van der Waals surface area contributed by atoms with E-state index in [9.17, 15) is 4.79 Å². The molecule has 1 aromatic heterocycles. The van der Waals surface area contributed by atoms with Crippen LogP contribution in [0.25, 0.3) is 11.4 Å². The third-order valence-electron chi connectivity index (χ3n) is 4.64. The van der Waals surface area contributed by atoms with Crippen LogP contribution in [0, 0.1) is 5.92 Å². The number of hydrogen-bond donors (Lipinski definition) is 1. The summed E-state index contributed by atoms with van der Waals surface area (Å²) in [5.41, 5.74) is 2.17. The zero-order valence-corrected chi connectivity index (χ0v) is 18.0. The van der Waals surface area contributed by atoms with Crippen molar-refractivity contribution >= 4 is 17.7 Å². The minimum atomic E-state index is 0.0106. The molecule has 0 saturated carbocycles. The van der Waals surface area contributed by atoms with Crippen molar-refractivity contribution in [3.63, 3.8) is 0 Å². The number of amides is 1. The quantitative estimate of drug-likeness (QED) is 0.508. The minimum Gasteiger partial charge on any atom is -0.349 e. The molecule has 2 aromatic carbocycles. The first-order valence-corrected chi connectivity index (χ1v) is 11.0. The van der Waals surface area contributed by atoms with Crippen molar-refractivity contribution in [1.82, 2.24) is 20.1 Å². The highest BCUT2D eigenvalue weighted by molar-refractivity contribution is 7.99. The number of rotatable bonds is 9. The van der Waals surface area contributed by atoms with E-state index in [2.05, 4.69) is 53.0 Å². The Morgan fingerprint density at radius 3 is 2.31 bits per heavy atom. The molecule has 0 aliphatic heterocycles. The first-order chi connectivity index (χ1) is 14.1. The first-order valence-electron chi connectivity index (χ1n) is 10.0. The normalized spacial score (nSPS) is 12.1. The van der Waals surface area contributed by atoms with Crippen LogP contribution in [0.15, 0.2) is 65.8 Å². The summed E-state index contributed by atoms with van der Waals surface area (Å²) in [4.78, 5) is 12.7. The van der Waals surface area contributed by atoms with Crippen molar-refractivity contribution < 1.29 is 4.79 Å². The van der Waals surface area contributed by atoms with Crippen molar-refractivity contribution in [2.75, 3.05) is 5.75 Å². The molecule has 6 heteroatoms. The lowest BCUT2D eigenvalue weighted by Gasteiger charge is -2.21. The SMILES string of the molecule is CCn1c(SCC(=O)NC(CC(C)C)c2ccccc2)nnc1-c1ccccc1. The van der Waals surface area contributed by atoms with Gasteiger partial charge in [-0.3, -0.25) is 4.79 Å². The molecule has 3 aromatic rings. The lowest BCUT2D eigenvalue weighted by molar-refractivity contribution is -0.119. The van der Waals surface area contributed by atoms with Gasteiger partial charge in [0.1, 0.15) is 0 Å². The number of carbonyl (C=O) groups is 1. The van der Waals surface area contributed by atoms with E-state index in [4.69, 9.17) is 0 Å². The molecule has 1 heterocycles. The van der Waals surface area contributed by atoms with Crippen LogP contribution in [-0.4, -0.2) is 26.4 Å². The van der Waals surface area contributed by atoms with Gasteiger partial charge >= 0.3 is 0 Å². The Bertz CT molecular complexity index is 909. The summed E-state index contributed by atoms with van der Waals surface area (Å²) < 4.78 is 2.05. The molecule has 0 spiro atoms. The van der Waals surface area contributed by atoms with Gasteiger partial charge in [0.05, 0.1) is 11.8 Å². The molecule has 5 nitrogen and oxygen atoms in total. The molecule has 1 N–H and O–H groups in total. The van der Waals surface area contributed by atoms with E-state index in [0.717, 1.165) is 35.1 Å². The van der Waals surface area contributed by atoms with Crippen molar-refractivity contribution in [3.05, 3.63) is 66.2 Å². The minimum absolute atomic E-state index is 0.0106. The second-order valence-corrected chi connectivity index (χ2v) is 8.31. The van der Waals surface area contributed by atoms with E-state index in [1.54, 1.807) is 0 Å². The molecule has 152 valence electrons. The number of hydrogen-bond acceptors (Lipinski definition) is 4. The van der Waals surface area contributed by atoms with Crippen molar-refractivity contribution in [3.8, 4) is 11.4 Å². The van der Waals surface area contributed by atoms with Gasteiger partial charge in [-0.25, -0.2) is 0 Å². The fourth-order valence-corrected chi connectivity index (χ4v) is 4.10. The molecule has 0 saturated heterocycles. The average Bonchev–Trinajstić information content (AvgIpc) is 3.15. The van der Waals surface area contributed by atoms with E-state index in [-0.39, 0.29) is 11.9 Å². The maximum Gasteiger partial charge on any atom is 0.230 e. The number of nitrogens with one attached hydrogen (secondary N) is 1. The van der Waals surface area contributed by atoms with Gasteiger partial charge < -0.3 is 9.88 Å². The van der Waals surface area contributed by atoms with Gasteiger partial charge in [-0.2, -0.15) is 0 Å². The van der Waals surface area contributed by atoms with Crippen molar-refractivity contribution in [1.29, 1.82) is 0 Å². The molecule has 1 amide bonds. The van der Waals surface area contributed by atoms with Gasteiger partial charge in [0, 0.05) is 12.1 Å². The van der Waals surface area contributed by atoms with Crippen LogP contribution in [-0.2, 0) is 11.3 Å². The molecule has 0 aliphatic rings. The van der Waals surface area contributed by atoms with Crippen LogP contribution in [0.5, 0.6) is 0 Å². The molecular formula is C23H28N4OS. The zero-order valence-electron chi connectivity index (χ0n) is 17.2. The fraction of sp³-hybridized carbons (Fsp3) is 0.348. The second-order valence-electron chi connectivity index (χ2n) is 7.37. The van der Waals surface area contributed by atoms with E-state index < -0.39 is 0 Å². The predicted molar refractivity (Wildman–Crippen MR) is 119 cm³/mol. The fourth-order valence-electron chi connectivity index (χ4n) is 3.28. The molecule has 1 atom stereocenters. The largest absolute Gasteiger partial charge is 0.349 e. The Morgan fingerprint density at radius 1 is 1.03 bits per heavy atom. The van der Waals surface area contributed by atoms with Crippen molar-refractivity contribution in [2.24, 2.45) is 5.92 Å². The van der Waals surface area contributed by atoms with Gasteiger partial charge in [0.15, 0.2) is 11.0 Å². The summed E-state index contributed by atoms with van der Waals surface area (Å²) in [5, 5.41) is 12.6. The van der Waals surface area contributed by atoms with Crippen LogP contribution < -0.4 is 5.32 Å². The zero-order chi connectivity index (χ0) is 20.6. The van der Waals surface area contributed by atoms with Gasteiger partial charge in [-0.1, -0.05) is 86.3 Å². The Labute approximate surface area is 176 Å². The third kappa shape index (κ3) is 5.70. The van der Waals surface area contributed by atoms with Crippen LogP contribution in [0.1, 0.15) is 38.8 Å². The molecule has 29 heavy (non-hydrogen) atoms. The van der Waals surface area contributed by atoms with Crippen LogP contribution in [0.4, 0.5) is 0 Å². The lowest BCUT2D eigenvalue weighted by Crippen LogP contribution is -2.31. The lowest BCUT2D eigenvalue weighted by atomic mass is 9.97. The second kappa shape index (κ2) is 10.3. The highest BCUT2D eigenvalue weighted by Gasteiger charge is 2.18. The number of aromatic nitrogens is 3. The predicted octanol–water partition coefficient (Wildman–Crippen LogP) is 4.96. The average molecular weight is 409 g/mol. The molecule has 3 rings (SSSR count). The van der Waals surface area contributed by atoms with E-state index in [1.165, 1.54) is 11.8 Å². The maximum atomic E-state index is 12.7. The topological polar surface area (TPSA) is 59.8 Å². The van der Waals surface area contributed by atoms with Crippen LogP contribution in [0.2, 0.25) is 0 Å².